The van der Waals surface area contributed by atoms with Crippen molar-refractivity contribution in [2.75, 3.05) is 18.4 Å². The van der Waals surface area contributed by atoms with E-state index in [0.29, 0.717) is 44.5 Å². The SMILES string of the molecule is CC1(N[C@@H](CCCNC(=N)N)C(=O)Nc2ccc([N+](=O)[O-])cc2)NCCCC1C(=O)[C@H](N)Cc1ccccc1. The van der Waals surface area contributed by atoms with Gasteiger partial charge in [-0.25, -0.2) is 0 Å². The molecule has 1 fully saturated rings. The Labute approximate surface area is 227 Å². The van der Waals surface area contributed by atoms with Gasteiger partial charge >= 0.3 is 0 Å². The number of piperidine rings is 1. The third-order valence-electron chi connectivity index (χ3n) is 6.99. The van der Waals surface area contributed by atoms with E-state index in [2.05, 4.69) is 21.3 Å². The molecule has 1 saturated heterocycles. The molecule has 0 spiro atoms. The predicted molar refractivity (Wildman–Crippen MR) is 150 cm³/mol. The van der Waals surface area contributed by atoms with E-state index in [9.17, 15) is 19.7 Å². The number of ketones is 1. The molecule has 1 aliphatic rings. The van der Waals surface area contributed by atoms with Crippen LogP contribution in [0, 0.1) is 21.4 Å². The summed E-state index contributed by atoms with van der Waals surface area (Å²) in [6.07, 6.45) is 2.75. The third kappa shape index (κ3) is 8.57. The van der Waals surface area contributed by atoms with Crippen molar-refractivity contribution in [2.24, 2.45) is 17.4 Å². The van der Waals surface area contributed by atoms with Crippen molar-refractivity contribution in [3.8, 4) is 0 Å². The molecular formula is C27H38N8O4. The van der Waals surface area contributed by atoms with E-state index in [1.165, 1.54) is 24.3 Å². The van der Waals surface area contributed by atoms with Gasteiger partial charge in [0.1, 0.15) is 0 Å². The molecule has 210 valence electrons. The van der Waals surface area contributed by atoms with Crippen molar-refractivity contribution in [3.63, 3.8) is 0 Å². The molecule has 3 rings (SSSR count). The number of nitrogens with zero attached hydrogens (tertiary/aromatic N) is 1. The van der Waals surface area contributed by atoms with Crippen molar-refractivity contribution in [3.05, 3.63) is 70.3 Å². The van der Waals surface area contributed by atoms with E-state index in [4.69, 9.17) is 16.9 Å². The first-order valence-electron chi connectivity index (χ1n) is 13.1. The highest BCUT2D eigenvalue weighted by atomic mass is 16.6. The molecule has 0 aromatic heterocycles. The van der Waals surface area contributed by atoms with Gasteiger partial charge in [-0.1, -0.05) is 30.3 Å². The summed E-state index contributed by atoms with van der Waals surface area (Å²) in [5.74, 6) is -1.04. The van der Waals surface area contributed by atoms with Gasteiger partial charge in [-0.15, -0.1) is 0 Å². The van der Waals surface area contributed by atoms with Crippen LogP contribution in [0.2, 0.25) is 0 Å². The van der Waals surface area contributed by atoms with E-state index in [-0.39, 0.29) is 23.3 Å². The number of guanidine groups is 1. The number of nitro groups is 1. The molecular weight excluding hydrogens is 500 g/mol. The van der Waals surface area contributed by atoms with Gasteiger partial charge in [0.2, 0.25) is 5.91 Å². The average molecular weight is 539 g/mol. The van der Waals surface area contributed by atoms with Crippen LogP contribution in [0.5, 0.6) is 0 Å². The smallest absolute Gasteiger partial charge is 0.269 e. The van der Waals surface area contributed by atoms with E-state index in [1.54, 1.807) is 0 Å². The zero-order chi connectivity index (χ0) is 28.4. The lowest BCUT2D eigenvalue weighted by atomic mass is 9.79. The molecule has 1 heterocycles. The van der Waals surface area contributed by atoms with Crippen molar-refractivity contribution in [2.45, 2.75) is 56.8 Å². The summed E-state index contributed by atoms with van der Waals surface area (Å²) in [4.78, 5) is 37.4. The third-order valence-corrected chi connectivity index (χ3v) is 6.99. The number of rotatable bonds is 13. The Morgan fingerprint density at radius 2 is 1.90 bits per heavy atom. The van der Waals surface area contributed by atoms with Crippen LogP contribution in [0.25, 0.3) is 0 Å². The summed E-state index contributed by atoms with van der Waals surface area (Å²) in [7, 11) is 0. The number of anilines is 1. The number of benzene rings is 2. The number of non-ortho nitro benzene ring substituents is 1. The molecule has 0 aliphatic carbocycles. The highest BCUT2D eigenvalue weighted by Crippen LogP contribution is 2.28. The topological polar surface area (TPSA) is 201 Å². The van der Waals surface area contributed by atoms with E-state index >= 15 is 0 Å². The van der Waals surface area contributed by atoms with Gasteiger partial charge in [-0.05, 0) is 63.3 Å². The zero-order valence-electron chi connectivity index (χ0n) is 22.1. The lowest BCUT2D eigenvalue weighted by Crippen LogP contribution is -2.68. The first-order chi connectivity index (χ1) is 18.6. The summed E-state index contributed by atoms with van der Waals surface area (Å²) in [6, 6.07) is 13.8. The van der Waals surface area contributed by atoms with Crippen LogP contribution in [-0.4, -0.2) is 53.4 Å². The van der Waals surface area contributed by atoms with Crippen molar-refractivity contribution < 1.29 is 14.5 Å². The van der Waals surface area contributed by atoms with E-state index in [1.807, 2.05) is 37.3 Å². The maximum absolute atomic E-state index is 13.6. The first-order valence-corrected chi connectivity index (χ1v) is 13.1. The summed E-state index contributed by atoms with van der Waals surface area (Å²) >= 11 is 0. The quantitative estimate of drug-likeness (QED) is 0.0650. The fourth-order valence-electron chi connectivity index (χ4n) is 4.93. The molecule has 0 radical (unpaired) electrons. The molecule has 2 aromatic rings. The van der Waals surface area contributed by atoms with Gasteiger partial charge < -0.3 is 22.1 Å². The number of hydrogen-bond donors (Lipinski definition) is 7. The number of nitrogens with one attached hydrogen (secondary N) is 5. The van der Waals surface area contributed by atoms with Crippen molar-refractivity contribution in [1.29, 1.82) is 5.41 Å². The Kier molecular flexibility index (Phi) is 10.5. The lowest BCUT2D eigenvalue weighted by molar-refractivity contribution is -0.384. The summed E-state index contributed by atoms with van der Waals surface area (Å²) < 4.78 is 0. The Balaban J connectivity index is 1.76. The van der Waals surface area contributed by atoms with Crippen LogP contribution in [0.3, 0.4) is 0 Å². The van der Waals surface area contributed by atoms with E-state index in [0.717, 1.165) is 12.0 Å². The van der Waals surface area contributed by atoms with Gasteiger partial charge in [0.25, 0.3) is 5.69 Å². The molecule has 1 aliphatic heterocycles. The second-order valence-corrected chi connectivity index (χ2v) is 10.00. The van der Waals surface area contributed by atoms with Crippen LogP contribution >= 0.6 is 0 Å². The molecule has 9 N–H and O–H groups in total. The maximum Gasteiger partial charge on any atom is 0.269 e. The standard InChI is InChI=1S/C27H38N8O4/c1-27(21(9-5-16-32-27)24(36)22(28)17-18-7-3-2-4-8-18)34-23(10-6-15-31-26(29)30)25(37)33-19-11-13-20(14-12-19)35(38)39/h2-4,7-8,11-14,21-23,32,34H,5-6,9-10,15-17,28H2,1H3,(H,33,37)(H4,29,30,31)/t21?,22-,23+,27?/m1/s1. The first kappa shape index (κ1) is 29.7. The largest absolute Gasteiger partial charge is 0.370 e. The van der Waals surface area contributed by atoms with Gasteiger partial charge in [0.05, 0.1) is 28.6 Å². The molecule has 0 saturated carbocycles. The molecule has 12 nitrogen and oxygen atoms in total. The molecule has 1 amide bonds. The van der Waals surface area contributed by atoms with Crippen molar-refractivity contribution >= 4 is 29.0 Å². The van der Waals surface area contributed by atoms with Crippen molar-refractivity contribution in [1.82, 2.24) is 16.0 Å². The predicted octanol–water partition coefficient (Wildman–Crippen LogP) is 1.61. The number of nitro benzene ring substituents is 1. The maximum atomic E-state index is 13.6. The van der Waals surface area contributed by atoms with Crippen LogP contribution in [0.4, 0.5) is 11.4 Å². The molecule has 39 heavy (non-hydrogen) atoms. The fraction of sp³-hybridized carbons (Fsp3) is 0.444. The second kappa shape index (κ2) is 13.8. The summed E-state index contributed by atoms with van der Waals surface area (Å²) in [5.41, 5.74) is 12.2. The monoisotopic (exact) mass is 538 g/mol. The normalized spacial score (nSPS) is 20.4. The fourth-order valence-corrected chi connectivity index (χ4v) is 4.93. The van der Waals surface area contributed by atoms with E-state index < -0.39 is 28.6 Å². The van der Waals surface area contributed by atoms with Gasteiger partial charge in [0.15, 0.2) is 11.7 Å². The Bertz CT molecular complexity index is 1140. The van der Waals surface area contributed by atoms with Gasteiger partial charge in [-0.3, -0.25) is 35.7 Å². The van der Waals surface area contributed by atoms with Gasteiger partial charge in [-0.2, -0.15) is 0 Å². The minimum absolute atomic E-state index is 0.0752. The lowest BCUT2D eigenvalue weighted by Gasteiger charge is -2.45. The number of nitrogens with two attached hydrogens (primary N) is 2. The molecule has 12 heteroatoms. The Hall–Kier alpha value is -3.87. The molecule has 0 bridgehead atoms. The molecule has 2 unspecified atom stereocenters. The highest BCUT2D eigenvalue weighted by Gasteiger charge is 2.44. The minimum Gasteiger partial charge on any atom is -0.370 e. The molecule has 2 aromatic carbocycles. The Morgan fingerprint density at radius 3 is 2.54 bits per heavy atom. The summed E-state index contributed by atoms with van der Waals surface area (Å²) in [5, 5.41) is 30.7. The summed E-state index contributed by atoms with van der Waals surface area (Å²) in [6.45, 7) is 2.94. The second-order valence-electron chi connectivity index (χ2n) is 10.00. The number of Topliss-reactive ketones (excluding diaryl/α,β-unsaturated/α-hetero) is 1. The Morgan fingerprint density at radius 1 is 1.21 bits per heavy atom. The van der Waals surface area contributed by atoms with Crippen LogP contribution in [0.1, 0.15) is 38.2 Å². The number of amides is 1. The van der Waals surface area contributed by atoms with Crippen LogP contribution in [0.15, 0.2) is 54.6 Å². The van der Waals surface area contributed by atoms with Crippen LogP contribution in [-0.2, 0) is 16.0 Å². The number of carbonyl (C=O) groups is 2. The molecule has 4 atom stereocenters. The van der Waals surface area contributed by atoms with Gasteiger partial charge in [0, 0.05) is 24.4 Å². The highest BCUT2D eigenvalue weighted by molar-refractivity contribution is 5.95. The zero-order valence-corrected chi connectivity index (χ0v) is 22.1. The average Bonchev–Trinajstić information content (AvgIpc) is 2.91. The number of carbonyl (C=O) groups excluding carboxylic acids is 2. The van der Waals surface area contributed by atoms with Crippen LogP contribution < -0.4 is 32.7 Å². The number of hydrogen-bond acceptors (Lipinski definition) is 8. The minimum atomic E-state index is -0.894.